The predicted octanol–water partition coefficient (Wildman–Crippen LogP) is 3.64. The third-order valence-corrected chi connectivity index (χ3v) is 3.91. The SMILES string of the molecule is CC(C)c1ccc([C@H](C)NC(=O)[C@@H]2C[C@H]2C)cc1. The molecule has 2 heteroatoms. The minimum absolute atomic E-state index is 0.103. The van der Waals surface area contributed by atoms with Crippen LogP contribution in [0.4, 0.5) is 0 Å². The van der Waals surface area contributed by atoms with Crippen LogP contribution in [0.2, 0.25) is 0 Å². The Bertz CT molecular complexity index is 421. The first-order valence-electron chi connectivity index (χ1n) is 6.89. The highest BCUT2D eigenvalue weighted by molar-refractivity contribution is 5.81. The first kappa shape index (κ1) is 13.1. The molecule has 1 N–H and O–H groups in total. The lowest BCUT2D eigenvalue weighted by atomic mass is 9.99. The van der Waals surface area contributed by atoms with Gasteiger partial charge in [-0.2, -0.15) is 0 Å². The van der Waals surface area contributed by atoms with E-state index in [1.807, 2.05) is 0 Å². The van der Waals surface area contributed by atoms with Gasteiger partial charge in [-0.05, 0) is 36.3 Å². The molecule has 0 aromatic heterocycles. The second-order valence-electron chi connectivity index (χ2n) is 5.87. The molecule has 0 radical (unpaired) electrons. The number of carbonyl (C=O) groups excluding carboxylic acids is 1. The average Bonchev–Trinajstić information content (AvgIpc) is 3.06. The fourth-order valence-electron chi connectivity index (χ4n) is 2.26. The number of amides is 1. The standard InChI is InChI=1S/C16H23NO/c1-10(2)13-5-7-14(8-6-13)12(4)17-16(18)15-9-11(15)3/h5-8,10-12,15H,9H2,1-4H3,(H,17,18)/t11-,12+,15-/m1/s1. The second kappa shape index (κ2) is 5.13. The number of hydrogen-bond donors (Lipinski definition) is 1. The van der Waals surface area contributed by atoms with Crippen LogP contribution in [0.5, 0.6) is 0 Å². The van der Waals surface area contributed by atoms with E-state index in [1.165, 1.54) is 11.1 Å². The van der Waals surface area contributed by atoms with Gasteiger partial charge in [0.15, 0.2) is 0 Å². The molecule has 0 spiro atoms. The smallest absolute Gasteiger partial charge is 0.223 e. The molecule has 1 fully saturated rings. The normalized spacial score (nSPS) is 23.8. The van der Waals surface area contributed by atoms with Crippen LogP contribution in [-0.4, -0.2) is 5.91 Å². The lowest BCUT2D eigenvalue weighted by molar-refractivity contribution is -0.123. The molecule has 0 bridgehead atoms. The van der Waals surface area contributed by atoms with Crippen molar-refractivity contribution in [3.63, 3.8) is 0 Å². The second-order valence-corrected chi connectivity index (χ2v) is 5.87. The Labute approximate surface area is 110 Å². The average molecular weight is 245 g/mol. The van der Waals surface area contributed by atoms with Gasteiger partial charge in [0.05, 0.1) is 6.04 Å². The van der Waals surface area contributed by atoms with Crippen LogP contribution in [0.15, 0.2) is 24.3 Å². The summed E-state index contributed by atoms with van der Waals surface area (Å²) in [5.74, 6) is 1.59. The Kier molecular flexibility index (Phi) is 3.74. The van der Waals surface area contributed by atoms with Crippen molar-refractivity contribution in [3.05, 3.63) is 35.4 Å². The summed E-state index contributed by atoms with van der Waals surface area (Å²) in [7, 11) is 0. The molecule has 18 heavy (non-hydrogen) atoms. The lowest BCUT2D eigenvalue weighted by Gasteiger charge is -2.15. The first-order chi connectivity index (χ1) is 8.49. The maximum absolute atomic E-state index is 11.9. The van der Waals surface area contributed by atoms with E-state index < -0.39 is 0 Å². The first-order valence-corrected chi connectivity index (χ1v) is 6.89. The number of nitrogens with one attached hydrogen (secondary N) is 1. The number of benzene rings is 1. The highest BCUT2D eigenvalue weighted by atomic mass is 16.2. The molecule has 3 atom stereocenters. The summed E-state index contributed by atoms with van der Waals surface area (Å²) >= 11 is 0. The zero-order valence-corrected chi connectivity index (χ0v) is 11.7. The van der Waals surface area contributed by atoms with Gasteiger partial charge in [0, 0.05) is 5.92 Å². The highest BCUT2D eigenvalue weighted by Crippen LogP contribution is 2.38. The summed E-state index contributed by atoms with van der Waals surface area (Å²) in [5, 5.41) is 3.10. The van der Waals surface area contributed by atoms with Crippen molar-refractivity contribution in [1.82, 2.24) is 5.32 Å². The summed E-state index contributed by atoms with van der Waals surface area (Å²) in [6, 6.07) is 8.66. The van der Waals surface area contributed by atoms with Gasteiger partial charge in [-0.15, -0.1) is 0 Å². The molecule has 1 amide bonds. The van der Waals surface area contributed by atoms with Crippen LogP contribution in [0.25, 0.3) is 0 Å². The quantitative estimate of drug-likeness (QED) is 0.862. The van der Waals surface area contributed by atoms with E-state index >= 15 is 0 Å². The molecule has 1 aliphatic rings. The van der Waals surface area contributed by atoms with Crippen molar-refractivity contribution in [2.75, 3.05) is 0 Å². The Morgan fingerprint density at radius 3 is 2.11 bits per heavy atom. The highest BCUT2D eigenvalue weighted by Gasteiger charge is 2.39. The molecule has 2 rings (SSSR count). The van der Waals surface area contributed by atoms with Crippen LogP contribution in [0, 0.1) is 11.8 Å². The summed E-state index contributed by atoms with van der Waals surface area (Å²) in [6.07, 6.45) is 1.05. The zero-order valence-electron chi connectivity index (χ0n) is 11.7. The van der Waals surface area contributed by atoms with Crippen molar-refractivity contribution in [2.45, 2.75) is 46.1 Å². The fourth-order valence-corrected chi connectivity index (χ4v) is 2.26. The molecule has 0 aliphatic heterocycles. The third kappa shape index (κ3) is 2.92. The minimum atomic E-state index is 0.103. The largest absolute Gasteiger partial charge is 0.349 e. The van der Waals surface area contributed by atoms with E-state index in [2.05, 4.69) is 57.3 Å². The molecule has 1 aromatic carbocycles. The number of hydrogen-bond acceptors (Lipinski definition) is 1. The van der Waals surface area contributed by atoms with E-state index in [9.17, 15) is 4.79 Å². The van der Waals surface area contributed by atoms with Crippen molar-refractivity contribution in [3.8, 4) is 0 Å². The van der Waals surface area contributed by atoms with Crippen LogP contribution < -0.4 is 5.32 Å². The molecule has 0 unspecified atom stereocenters. The van der Waals surface area contributed by atoms with E-state index in [0.717, 1.165) is 6.42 Å². The van der Waals surface area contributed by atoms with Crippen LogP contribution >= 0.6 is 0 Å². The number of rotatable bonds is 4. The van der Waals surface area contributed by atoms with Crippen molar-refractivity contribution >= 4 is 5.91 Å². The van der Waals surface area contributed by atoms with Gasteiger partial charge >= 0.3 is 0 Å². The minimum Gasteiger partial charge on any atom is -0.349 e. The Balaban J connectivity index is 1.96. The maximum atomic E-state index is 11.9. The van der Waals surface area contributed by atoms with Crippen molar-refractivity contribution in [1.29, 1.82) is 0 Å². The fraction of sp³-hybridized carbons (Fsp3) is 0.562. The molecule has 0 heterocycles. The summed E-state index contributed by atoms with van der Waals surface area (Å²) in [6.45, 7) is 8.56. The topological polar surface area (TPSA) is 29.1 Å². The van der Waals surface area contributed by atoms with Gasteiger partial charge < -0.3 is 5.32 Å². The molecule has 98 valence electrons. The molecule has 1 aromatic rings. The van der Waals surface area contributed by atoms with Crippen molar-refractivity contribution < 1.29 is 4.79 Å². The Morgan fingerprint density at radius 1 is 1.17 bits per heavy atom. The van der Waals surface area contributed by atoms with Gasteiger partial charge in [-0.25, -0.2) is 0 Å². The lowest BCUT2D eigenvalue weighted by Crippen LogP contribution is -2.28. The van der Waals surface area contributed by atoms with Gasteiger partial charge in [-0.3, -0.25) is 4.79 Å². The monoisotopic (exact) mass is 245 g/mol. The maximum Gasteiger partial charge on any atom is 0.223 e. The molecular weight excluding hydrogens is 222 g/mol. The van der Waals surface area contributed by atoms with Gasteiger partial charge in [0.1, 0.15) is 0 Å². The van der Waals surface area contributed by atoms with E-state index in [4.69, 9.17) is 0 Å². The van der Waals surface area contributed by atoms with E-state index in [-0.39, 0.29) is 17.9 Å². The summed E-state index contributed by atoms with van der Waals surface area (Å²) in [4.78, 5) is 11.9. The van der Waals surface area contributed by atoms with Gasteiger partial charge in [-0.1, -0.05) is 45.0 Å². The van der Waals surface area contributed by atoms with E-state index in [0.29, 0.717) is 11.8 Å². The van der Waals surface area contributed by atoms with Crippen molar-refractivity contribution in [2.24, 2.45) is 11.8 Å². The van der Waals surface area contributed by atoms with E-state index in [1.54, 1.807) is 0 Å². The molecule has 1 saturated carbocycles. The van der Waals surface area contributed by atoms with Crippen LogP contribution in [0.3, 0.4) is 0 Å². The zero-order chi connectivity index (χ0) is 13.3. The summed E-state index contributed by atoms with van der Waals surface area (Å²) in [5.41, 5.74) is 2.52. The number of carbonyl (C=O) groups is 1. The molecule has 0 saturated heterocycles. The Morgan fingerprint density at radius 2 is 1.67 bits per heavy atom. The molecule has 1 aliphatic carbocycles. The molecular formula is C16H23NO. The predicted molar refractivity (Wildman–Crippen MR) is 74.4 cm³/mol. The third-order valence-electron chi connectivity index (χ3n) is 3.91. The van der Waals surface area contributed by atoms with Crippen LogP contribution in [0.1, 0.15) is 57.2 Å². The molecule has 2 nitrogen and oxygen atoms in total. The Hall–Kier alpha value is -1.31. The van der Waals surface area contributed by atoms with Crippen LogP contribution in [-0.2, 0) is 4.79 Å². The van der Waals surface area contributed by atoms with Gasteiger partial charge in [0.2, 0.25) is 5.91 Å². The summed E-state index contributed by atoms with van der Waals surface area (Å²) < 4.78 is 0. The van der Waals surface area contributed by atoms with Gasteiger partial charge in [0.25, 0.3) is 0 Å².